The number of ether oxygens (including phenoxy) is 3. The van der Waals surface area contributed by atoms with Crippen LogP contribution in [0.25, 0.3) is 6.08 Å². The third kappa shape index (κ3) is 4.13. The Morgan fingerprint density at radius 2 is 1.83 bits per heavy atom. The monoisotopic (exact) mass is 436 g/mol. The van der Waals surface area contributed by atoms with Crippen molar-refractivity contribution in [2.75, 3.05) is 21.3 Å². The largest absolute Gasteiger partial charge is 0.496 e. The average Bonchev–Trinajstić information content (AvgIpc) is 2.97. The van der Waals surface area contributed by atoms with E-state index in [-0.39, 0.29) is 22.1 Å². The summed E-state index contributed by atoms with van der Waals surface area (Å²) in [7, 11) is 4.55. The number of rotatable bonds is 6. The molecule has 1 aliphatic heterocycles. The van der Waals surface area contributed by atoms with Gasteiger partial charge >= 0.3 is 6.03 Å². The lowest BCUT2D eigenvalue weighted by Crippen LogP contribution is -2.30. The topological polar surface area (TPSA) is 60.0 Å². The number of carbonyl (C=O) groups is 1. The predicted octanol–water partition coefficient (Wildman–Crippen LogP) is 4.40. The van der Waals surface area contributed by atoms with E-state index in [1.165, 1.54) is 38.4 Å². The van der Waals surface area contributed by atoms with Crippen molar-refractivity contribution in [3.63, 3.8) is 0 Å². The van der Waals surface area contributed by atoms with Crippen molar-refractivity contribution in [1.29, 1.82) is 0 Å². The SMILES string of the molecule is COc1cc(OC)c(/C=C2\NC(=O)N(Cc3c(F)cccc3Cl)C2=S)c(OC)c1. The van der Waals surface area contributed by atoms with Gasteiger partial charge in [0.25, 0.3) is 0 Å². The highest BCUT2D eigenvalue weighted by molar-refractivity contribution is 7.80. The average molecular weight is 437 g/mol. The number of nitrogens with zero attached hydrogens (tertiary/aromatic N) is 1. The second-order valence-electron chi connectivity index (χ2n) is 6.03. The van der Waals surface area contributed by atoms with Crippen molar-refractivity contribution >= 4 is 40.9 Å². The van der Waals surface area contributed by atoms with Gasteiger partial charge in [-0.25, -0.2) is 9.18 Å². The minimum atomic E-state index is -0.510. The Kier molecular flexibility index (Phi) is 6.24. The second kappa shape index (κ2) is 8.67. The van der Waals surface area contributed by atoms with E-state index < -0.39 is 11.8 Å². The van der Waals surface area contributed by atoms with Gasteiger partial charge < -0.3 is 19.5 Å². The van der Waals surface area contributed by atoms with E-state index >= 15 is 0 Å². The van der Waals surface area contributed by atoms with E-state index in [0.29, 0.717) is 28.5 Å². The van der Waals surface area contributed by atoms with Gasteiger partial charge in [0.15, 0.2) is 0 Å². The summed E-state index contributed by atoms with van der Waals surface area (Å²) in [5.41, 5.74) is 1.12. The standard InChI is InChI=1S/C20H18ClFN2O4S/c1-26-11-7-17(27-2)12(18(8-11)28-3)9-16-19(29)24(20(25)23-16)10-13-14(21)5-4-6-15(13)22/h4-9H,10H2,1-3H3,(H,23,25)/b16-9-. The maximum Gasteiger partial charge on any atom is 0.327 e. The lowest BCUT2D eigenvalue weighted by molar-refractivity contribution is 0.227. The van der Waals surface area contributed by atoms with E-state index in [1.54, 1.807) is 24.3 Å². The normalized spacial score (nSPS) is 14.9. The van der Waals surface area contributed by atoms with Crippen molar-refractivity contribution in [3.05, 3.63) is 58.0 Å². The number of nitrogens with one attached hydrogen (secondary N) is 1. The Labute approximate surface area is 177 Å². The molecule has 1 saturated heterocycles. The number of carbonyl (C=O) groups excluding carboxylic acids is 1. The minimum absolute atomic E-state index is 0.0929. The van der Waals surface area contributed by atoms with Crippen LogP contribution in [0.3, 0.4) is 0 Å². The van der Waals surface area contributed by atoms with Gasteiger partial charge in [-0.3, -0.25) is 4.90 Å². The van der Waals surface area contributed by atoms with Crippen molar-refractivity contribution in [2.45, 2.75) is 6.54 Å². The highest BCUT2D eigenvalue weighted by Crippen LogP contribution is 2.36. The van der Waals surface area contributed by atoms with Crippen LogP contribution in [0.15, 0.2) is 36.0 Å². The van der Waals surface area contributed by atoms with Crippen LogP contribution in [0.1, 0.15) is 11.1 Å². The second-order valence-corrected chi connectivity index (χ2v) is 6.82. The van der Waals surface area contributed by atoms with Crippen LogP contribution >= 0.6 is 23.8 Å². The molecule has 29 heavy (non-hydrogen) atoms. The Morgan fingerprint density at radius 3 is 2.38 bits per heavy atom. The highest BCUT2D eigenvalue weighted by Gasteiger charge is 2.32. The first-order valence-corrected chi connectivity index (χ1v) is 9.25. The fourth-order valence-corrected chi connectivity index (χ4v) is 3.36. The smallest absolute Gasteiger partial charge is 0.327 e. The van der Waals surface area contributed by atoms with Gasteiger partial charge in [0.05, 0.1) is 39.1 Å². The van der Waals surface area contributed by atoms with Gasteiger partial charge in [-0.1, -0.05) is 29.9 Å². The summed E-state index contributed by atoms with van der Waals surface area (Å²) in [6.45, 7) is -0.0929. The van der Waals surface area contributed by atoms with Crippen molar-refractivity contribution in [2.24, 2.45) is 0 Å². The lowest BCUT2D eigenvalue weighted by atomic mass is 10.1. The van der Waals surface area contributed by atoms with E-state index in [2.05, 4.69) is 5.32 Å². The molecular weight excluding hydrogens is 419 g/mol. The van der Waals surface area contributed by atoms with Gasteiger partial charge in [0.2, 0.25) is 0 Å². The molecule has 2 aromatic carbocycles. The third-order valence-electron chi connectivity index (χ3n) is 4.38. The molecule has 0 unspecified atom stereocenters. The molecular formula is C20H18ClFN2O4S. The predicted molar refractivity (Wildman–Crippen MR) is 112 cm³/mol. The molecule has 1 N–H and O–H groups in total. The molecule has 0 bridgehead atoms. The number of hydrogen-bond donors (Lipinski definition) is 1. The molecule has 1 heterocycles. The summed E-state index contributed by atoms with van der Waals surface area (Å²) >= 11 is 11.5. The lowest BCUT2D eigenvalue weighted by Gasteiger charge is -2.16. The quantitative estimate of drug-likeness (QED) is 0.537. The first kappa shape index (κ1) is 20.9. The molecule has 1 aliphatic rings. The number of thiocarbonyl (C=S) groups is 1. The molecule has 0 spiro atoms. The minimum Gasteiger partial charge on any atom is -0.496 e. The fourth-order valence-electron chi connectivity index (χ4n) is 2.88. The summed E-state index contributed by atoms with van der Waals surface area (Å²) in [4.78, 5) is 13.9. The van der Waals surface area contributed by atoms with Crippen LogP contribution < -0.4 is 19.5 Å². The third-order valence-corrected chi connectivity index (χ3v) is 5.18. The summed E-state index contributed by atoms with van der Waals surface area (Å²) in [6.07, 6.45) is 1.64. The summed E-state index contributed by atoms with van der Waals surface area (Å²) in [5.74, 6) is 0.987. The van der Waals surface area contributed by atoms with Crippen LogP contribution in [0.5, 0.6) is 17.2 Å². The number of hydrogen-bond acceptors (Lipinski definition) is 5. The van der Waals surface area contributed by atoms with Crippen LogP contribution in [0.4, 0.5) is 9.18 Å². The van der Waals surface area contributed by atoms with E-state index in [1.807, 2.05) is 0 Å². The van der Waals surface area contributed by atoms with Gasteiger partial charge in [-0.2, -0.15) is 0 Å². The van der Waals surface area contributed by atoms with Crippen molar-refractivity contribution in [3.8, 4) is 17.2 Å². The van der Waals surface area contributed by atoms with Crippen molar-refractivity contribution in [1.82, 2.24) is 10.2 Å². The molecule has 3 rings (SSSR count). The first-order chi connectivity index (χ1) is 13.9. The maximum atomic E-state index is 14.1. The Bertz CT molecular complexity index is 967. The van der Waals surface area contributed by atoms with E-state index in [0.717, 1.165) is 0 Å². The van der Waals surface area contributed by atoms with Crippen LogP contribution in [-0.4, -0.2) is 37.2 Å². The molecule has 1 fully saturated rings. The molecule has 2 amide bonds. The number of benzene rings is 2. The number of halogens is 2. The molecule has 0 saturated carbocycles. The summed E-state index contributed by atoms with van der Waals surface area (Å²) in [6, 6.07) is 7.23. The molecule has 9 heteroatoms. The molecule has 152 valence electrons. The van der Waals surface area contributed by atoms with Crippen LogP contribution in [0, 0.1) is 5.82 Å². The van der Waals surface area contributed by atoms with Crippen LogP contribution in [0.2, 0.25) is 5.02 Å². The van der Waals surface area contributed by atoms with Gasteiger partial charge in [0, 0.05) is 22.7 Å². The van der Waals surface area contributed by atoms with E-state index in [4.69, 9.17) is 38.0 Å². The summed E-state index contributed by atoms with van der Waals surface area (Å²) < 4.78 is 30.2. The van der Waals surface area contributed by atoms with E-state index in [9.17, 15) is 9.18 Å². The Hall–Kier alpha value is -2.84. The molecule has 0 radical (unpaired) electrons. The van der Waals surface area contributed by atoms with Crippen molar-refractivity contribution < 1.29 is 23.4 Å². The zero-order valence-electron chi connectivity index (χ0n) is 15.9. The molecule has 6 nitrogen and oxygen atoms in total. The molecule has 2 aromatic rings. The number of methoxy groups -OCH3 is 3. The maximum absolute atomic E-state index is 14.1. The molecule has 0 aromatic heterocycles. The molecule has 0 aliphatic carbocycles. The first-order valence-electron chi connectivity index (χ1n) is 8.47. The number of urea groups is 1. The summed E-state index contributed by atoms with van der Waals surface area (Å²) in [5, 5.41) is 2.91. The van der Waals surface area contributed by atoms with Gasteiger partial charge in [-0.05, 0) is 18.2 Å². The van der Waals surface area contributed by atoms with Crippen LogP contribution in [-0.2, 0) is 6.54 Å². The zero-order chi connectivity index (χ0) is 21.1. The number of amides is 2. The fraction of sp³-hybridized carbons (Fsp3) is 0.200. The molecule has 0 atom stereocenters. The van der Waals surface area contributed by atoms with Gasteiger partial charge in [-0.15, -0.1) is 0 Å². The van der Waals surface area contributed by atoms with Gasteiger partial charge in [0.1, 0.15) is 28.1 Å². The Balaban J connectivity index is 1.97. The highest BCUT2D eigenvalue weighted by atomic mass is 35.5. The zero-order valence-corrected chi connectivity index (χ0v) is 17.5. The Morgan fingerprint density at radius 1 is 1.17 bits per heavy atom.